The normalized spacial score (nSPS) is 10.5. The van der Waals surface area contributed by atoms with Crippen LogP contribution in [-0.4, -0.2) is 33.3 Å². The van der Waals surface area contributed by atoms with Crippen molar-refractivity contribution in [3.8, 4) is 34.1 Å². The van der Waals surface area contributed by atoms with Crippen LogP contribution in [0.3, 0.4) is 0 Å². The number of hydrogen-bond donors (Lipinski definition) is 1. The number of rotatable bonds is 9. The molecule has 3 aromatic rings. The number of carbonyl (C=O) groups excluding carboxylic acids is 1. The molecule has 0 unspecified atom stereocenters. The number of anilines is 1. The van der Waals surface area contributed by atoms with Gasteiger partial charge in [-0.25, -0.2) is 0 Å². The van der Waals surface area contributed by atoms with Gasteiger partial charge in [0.15, 0.2) is 6.61 Å². The summed E-state index contributed by atoms with van der Waals surface area (Å²) in [5, 5.41) is 2.69. The van der Waals surface area contributed by atoms with Crippen molar-refractivity contribution in [1.82, 2.24) is 0 Å². The molecule has 1 amide bonds. The average molecular weight is 429 g/mol. The number of carbonyl (C=O) groups is 1. The van der Waals surface area contributed by atoms with Crippen molar-refractivity contribution in [2.45, 2.75) is 6.61 Å². The first-order chi connectivity index (χ1) is 15.0. The molecule has 0 spiro atoms. The molecule has 162 valence electrons. The quantitative estimate of drug-likeness (QED) is 0.519. The Hall–Kier alpha value is -3.81. The van der Waals surface area contributed by atoms with Crippen molar-refractivity contribution in [2.24, 2.45) is 0 Å². The number of ether oxygens (including phenoxy) is 4. The van der Waals surface area contributed by atoms with E-state index in [9.17, 15) is 13.6 Å². The molecule has 0 fully saturated rings. The van der Waals surface area contributed by atoms with Gasteiger partial charge in [0, 0.05) is 11.3 Å². The number of amides is 1. The Kier molecular flexibility index (Phi) is 7.26. The predicted molar refractivity (Wildman–Crippen MR) is 112 cm³/mol. The summed E-state index contributed by atoms with van der Waals surface area (Å²) in [6.07, 6.45) is 0. The minimum Gasteiger partial charge on any atom is -0.497 e. The highest BCUT2D eigenvalue weighted by molar-refractivity contribution is 5.93. The van der Waals surface area contributed by atoms with Crippen LogP contribution in [0.5, 0.6) is 23.0 Å². The lowest BCUT2D eigenvalue weighted by Crippen LogP contribution is -2.20. The summed E-state index contributed by atoms with van der Waals surface area (Å²) in [4.78, 5) is 12.3. The van der Waals surface area contributed by atoms with Crippen molar-refractivity contribution in [1.29, 1.82) is 0 Å². The lowest BCUT2D eigenvalue weighted by molar-refractivity contribution is -0.118. The third-order valence-electron chi connectivity index (χ3n) is 4.31. The van der Waals surface area contributed by atoms with E-state index in [0.717, 1.165) is 0 Å². The molecule has 0 aliphatic carbocycles. The fourth-order valence-corrected chi connectivity index (χ4v) is 2.82. The van der Waals surface area contributed by atoms with Crippen LogP contribution in [0.1, 0.15) is 0 Å². The van der Waals surface area contributed by atoms with E-state index in [1.165, 1.54) is 19.2 Å². The molecule has 0 atom stereocenters. The van der Waals surface area contributed by atoms with Gasteiger partial charge in [-0.15, -0.1) is 0 Å². The third-order valence-corrected chi connectivity index (χ3v) is 4.31. The molecule has 1 N–H and O–H groups in total. The number of alkyl halides is 2. The average Bonchev–Trinajstić information content (AvgIpc) is 2.79. The summed E-state index contributed by atoms with van der Waals surface area (Å²) >= 11 is 0. The van der Waals surface area contributed by atoms with Gasteiger partial charge in [0.2, 0.25) is 0 Å². The first kappa shape index (κ1) is 21.9. The summed E-state index contributed by atoms with van der Waals surface area (Å²) in [7, 11) is 3.09. The molecule has 0 bridgehead atoms. The van der Waals surface area contributed by atoms with E-state index in [4.69, 9.17) is 14.2 Å². The maximum absolute atomic E-state index is 12.8. The van der Waals surface area contributed by atoms with E-state index >= 15 is 0 Å². The van der Waals surface area contributed by atoms with Crippen molar-refractivity contribution in [3.63, 3.8) is 0 Å². The van der Waals surface area contributed by atoms with E-state index in [1.807, 2.05) is 0 Å². The third kappa shape index (κ3) is 6.08. The number of methoxy groups -OCH3 is 2. The molecular formula is C23H21F2NO5. The molecule has 0 aromatic heterocycles. The first-order valence-corrected chi connectivity index (χ1v) is 9.28. The van der Waals surface area contributed by atoms with Crippen molar-refractivity contribution in [2.75, 3.05) is 26.1 Å². The number of benzene rings is 3. The molecule has 0 saturated carbocycles. The Balaban J connectivity index is 1.73. The van der Waals surface area contributed by atoms with Gasteiger partial charge >= 0.3 is 6.61 Å². The van der Waals surface area contributed by atoms with E-state index in [-0.39, 0.29) is 12.4 Å². The van der Waals surface area contributed by atoms with E-state index in [0.29, 0.717) is 34.1 Å². The second-order valence-electron chi connectivity index (χ2n) is 6.33. The minimum absolute atomic E-state index is 0.00681. The standard InChI is InChI=1S/C23H21F2NO5/c1-28-17-6-3-15(4-7-17)20-13-16(5-12-21(20)31-23(24)25)26-22(27)14-30-19-10-8-18(29-2)9-11-19/h3-13,23H,14H2,1-2H3,(H,26,27). The van der Waals surface area contributed by atoms with Crippen LogP contribution in [0.15, 0.2) is 66.7 Å². The highest BCUT2D eigenvalue weighted by Gasteiger charge is 2.14. The van der Waals surface area contributed by atoms with Crippen LogP contribution in [-0.2, 0) is 4.79 Å². The summed E-state index contributed by atoms with van der Waals surface area (Å²) in [6.45, 7) is -3.20. The number of halogens is 2. The summed E-state index contributed by atoms with van der Waals surface area (Å²) < 4.78 is 45.9. The Labute approximate surface area is 178 Å². The maximum Gasteiger partial charge on any atom is 0.387 e. The molecule has 3 rings (SSSR count). The van der Waals surface area contributed by atoms with Crippen molar-refractivity contribution < 1.29 is 32.5 Å². The van der Waals surface area contributed by atoms with E-state index in [1.54, 1.807) is 61.7 Å². The summed E-state index contributed by atoms with van der Waals surface area (Å²) in [5.41, 5.74) is 1.44. The van der Waals surface area contributed by atoms with Gasteiger partial charge in [0.25, 0.3) is 5.91 Å². The Morgan fingerprint density at radius 3 is 2.03 bits per heavy atom. The fourth-order valence-electron chi connectivity index (χ4n) is 2.82. The van der Waals surface area contributed by atoms with Crippen LogP contribution in [0.2, 0.25) is 0 Å². The Morgan fingerprint density at radius 2 is 1.45 bits per heavy atom. The van der Waals surface area contributed by atoms with Gasteiger partial charge < -0.3 is 24.3 Å². The fraction of sp³-hybridized carbons (Fsp3) is 0.174. The monoisotopic (exact) mass is 429 g/mol. The van der Waals surface area contributed by atoms with Crippen LogP contribution in [0, 0.1) is 0 Å². The molecule has 0 saturated heterocycles. The molecular weight excluding hydrogens is 408 g/mol. The maximum atomic E-state index is 12.8. The second kappa shape index (κ2) is 10.3. The largest absolute Gasteiger partial charge is 0.497 e. The van der Waals surface area contributed by atoms with Gasteiger partial charge in [0.1, 0.15) is 23.0 Å². The zero-order valence-corrected chi connectivity index (χ0v) is 16.9. The highest BCUT2D eigenvalue weighted by Crippen LogP contribution is 2.34. The number of hydrogen-bond acceptors (Lipinski definition) is 5. The topological polar surface area (TPSA) is 66.0 Å². The van der Waals surface area contributed by atoms with Gasteiger partial charge in [-0.05, 0) is 60.2 Å². The van der Waals surface area contributed by atoms with Gasteiger partial charge in [-0.3, -0.25) is 4.79 Å². The molecule has 0 heterocycles. The molecule has 0 aliphatic heterocycles. The summed E-state index contributed by atoms with van der Waals surface area (Å²) in [6, 6.07) is 18.1. The zero-order valence-electron chi connectivity index (χ0n) is 16.9. The molecule has 0 radical (unpaired) electrons. The van der Waals surface area contributed by atoms with Gasteiger partial charge in [-0.2, -0.15) is 8.78 Å². The lowest BCUT2D eigenvalue weighted by Gasteiger charge is -2.14. The van der Waals surface area contributed by atoms with Crippen LogP contribution in [0.4, 0.5) is 14.5 Å². The first-order valence-electron chi connectivity index (χ1n) is 9.28. The van der Waals surface area contributed by atoms with Crippen LogP contribution < -0.4 is 24.3 Å². The minimum atomic E-state index is -2.98. The highest BCUT2D eigenvalue weighted by atomic mass is 19.3. The zero-order chi connectivity index (χ0) is 22.2. The molecule has 3 aromatic carbocycles. The summed E-state index contributed by atoms with van der Waals surface area (Å²) in [5.74, 6) is 1.40. The Morgan fingerprint density at radius 1 is 0.871 bits per heavy atom. The molecule has 8 heteroatoms. The SMILES string of the molecule is COc1ccc(OCC(=O)Nc2ccc(OC(F)F)c(-c3ccc(OC)cc3)c2)cc1. The van der Waals surface area contributed by atoms with Gasteiger partial charge in [0.05, 0.1) is 14.2 Å². The number of nitrogens with one attached hydrogen (secondary N) is 1. The smallest absolute Gasteiger partial charge is 0.387 e. The van der Waals surface area contributed by atoms with Crippen LogP contribution >= 0.6 is 0 Å². The second-order valence-corrected chi connectivity index (χ2v) is 6.33. The van der Waals surface area contributed by atoms with Crippen LogP contribution in [0.25, 0.3) is 11.1 Å². The van der Waals surface area contributed by atoms with Gasteiger partial charge in [-0.1, -0.05) is 12.1 Å². The molecule has 31 heavy (non-hydrogen) atoms. The molecule has 6 nitrogen and oxygen atoms in total. The van der Waals surface area contributed by atoms with Crippen molar-refractivity contribution in [3.05, 3.63) is 66.7 Å². The predicted octanol–water partition coefficient (Wildman–Crippen LogP) is 4.99. The lowest BCUT2D eigenvalue weighted by atomic mass is 10.0. The molecule has 0 aliphatic rings. The van der Waals surface area contributed by atoms with E-state index in [2.05, 4.69) is 10.1 Å². The van der Waals surface area contributed by atoms with E-state index < -0.39 is 12.5 Å². The van der Waals surface area contributed by atoms with Crippen molar-refractivity contribution >= 4 is 11.6 Å². The Bertz CT molecular complexity index is 1010.